The highest BCUT2D eigenvalue weighted by molar-refractivity contribution is 7.91. The van der Waals surface area contributed by atoms with Crippen molar-refractivity contribution in [3.63, 3.8) is 0 Å². The zero-order valence-electron chi connectivity index (χ0n) is 15.7. The van der Waals surface area contributed by atoms with E-state index in [0.29, 0.717) is 13.1 Å². The molecule has 150 valence electrons. The van der Waals surface area contributed by atoms with Crippen LogP contribution in [-0.4, -0.2) is 44.1 Å². The number of carboxylic acid groups (broad SMARTS) is 1. The fourth-order valence-corrected chi connectivity index (χ4v) is 5.67. The lowest BCUT2D eigenvalue weighted by Gasteiger charge is -2.28. The molecule has 0 amide bonds. The van der Waals surface area contributed by atoms with E-state index < -0.39 is 15.8 Å². The summed E-state index contributed by atoms with van der Waals surface area (Å²) in [5.74, 6) is -0.477. The van der Waals surface area contributed by atoms with Gasteiger partial charge in [-0.3, -0.25) is 0 Å². The fraction of sp³-hybridized carbons (Fsp3) is 0.238. The third-order valence-electron chi connectivity index (χ3n) is 4.95. The predicted octanol–water partition coefficient (Wildman–Crippen LogP) is 2.68. The van der Waals surface area contributed by atoms with Gasteiger partial charge in [-0.25, -0.2) is 13.2 Å². The third kappa shape index (κ3) is 4.49. The quantitative estimate of drug-likeness (QED) is 0.631. The highest BCUT2D eigenvalue weighted by Gasteiger charge is 2.22. The van der Waals surface area contributed by atoms with Gasteiger partial charge in [-0.2, -0.15) is 4.57 Å². The molecule has 4 rings (SSSR count). The molecule has 2 heterocycles. The molecule has 29 heavy (non-hydrogen) atoms. The summed E-state index contributed by atoms with van der Waals surface area (Å²) in [5, 5.41) is 10.1. The molecular formula is C21H21N2O4S2+. The largest absolute Gasteiger partial charge is 0.477 e. The summed E-state index contributed by atoms with van der Waals surface area (Å²) in [5.41, 5.74) is 2.92. The monoisotopic (exact) mass is 429 g/mol. The van der Waals surface area contributed by atoms with Crippen LogP contribution in [0, 0.1) is 0 Å². The van der Waals surface area contributed by atoms with Gasteiger partial charge >= 0.3 is 5.97 Å². The average Bonchev–Trinajstić information content (AvgIpc) is 3.04. The zero-order chi connectivity index (χ0) is 20.4. The van der Waals surface area contributed by atoms with Crippen molar-refractivity contribution in [1.82, 2.24) is 0 Å². The number of aliphatic carboxylic acids is 1. The van der Waals surface area contributed by atoms with Gasteiger partial charge in [0.15, 0.2) is 9.84 Å². The van der Waals surface area contributed by atoms with Crippen molar-refractivity contribution in [3.05, 3.63) is 59.1 Å². The van der Waals surface area contributed by atoms with E-state index in [2.05, 4.69) is 4.90 Å². The number of thiazole rings is 1. The summed E-state index contributed by atoms with van der Waals surface area (Å²) in [6, 6.07) is 15.7. The molecule has 3 aromatic rings. The third-order valence-corrected chi connectivity index (χ3v) is 7.69. The number of benzene rings is 2. The lowest BCUT2D eigenvalue weighted by molar-refractivity contribution is -0.657. The molecule has 1 saturated heterocycles. The number of hydrogen-bond donors (Lipinski definition) is 1. The van der Waals surface area contributed by atoms with Crippen LogP contribution < -0.4 is 9.47 Å². The maximum atomic E-state index is 11.6. The van der Waals surface area contributed by atoms with E-state index in [1.54, 1.807) is 15.9 Å². The van der Waals surface area contributed by atoms with Crippen molar-refractivity contribution >= 4 is 55.2 Å². The van der Waals surface area contributed by atoms with Crippen LogP contribution in [0.1, 0.15) is 10.6 Å². The molecule has 0 radical (unpaired) electrons. The first kappa shape index (κ1) is 19.6. The smallest absolute Gasteiger partial charge is 0.370 e. The Morgan fingerprint density at radius 1 is 1.07 bits per heavy atom. The molecule has 1 aliphatic heterocycles. The summed E-state index contributed by atoms with van der Waals surface area (Å²) in [6.07, 6.45) is 3.91. The number of carbonyl (C=O) groups is 1. The van der Waals surface area contributed by atoms with Gasteiger partial charge in [-0.15, -0.1) is 0 Å². The van der Waals surface area contributed by atoms with E-state index in [9.17, 15) is 18.3 Å². The molecule has 1 fully saturated rings. The summed E-state index contributed by atoms with van der Waals surface area (Å²) >= 11 is 1.56. The maximum absolute atomic E-state index is 11.6. The van der Waals surface area contributed by atoms with Gasteiger partial charge in [-0.05, 0) is 29.8 Å². The van der Waals surface area contributed by atoms with Gasteiger partial charge < -0.3 is 10.0 Å². The first-order valence-corrected chi connectivity index (χ1v) is 11.9. The summed E-state index contributed by atoms with van der Waals surface area (Å²) in [6.45, 7) is 0.962. The van der Waals surface area contributed by atoms with Crippen LogP contribution in [0.25, 0.3) is 22.4 Å². The minimum Gasteiger partial charge on any atom is -0.477 e. The van der Waals surface area contributed by atoms with Crippen LogP contribution >= 0.6 is 11.3 Å². The van der Waals surface area contributed by atoms with E-state index in [1.165, 1.54) is 0 Å². The maximum Gasteiger partial charge on any atom is 0.370 e. The predicted molar refractivity (Wildman–Crippen MR) is 116 cm³/mol. The number of anilines is 1. The fourth-order valence-electron chi connectivity index (χ4n) is 3.41. The minimum absolute atomic E-state index is 0.0828. The number of fused-ring (bicyclic) bond motifs is 1. The standard InChI is InChI=1S/C21H20N2O4S2/c24-21(25)15-23-18-3-1-2-4-19(18)28-20(23)10-7-16-5-8-17(9-6-16)22-11-13-29(26,27)14-12-22/h1-10H,11-15H2/p+1. The van der Waals surface area contributed by atoms with E-state index >= 15 is 0 Å². The van der Waals surface area contributed by atoms with Crippen LogP contribution in [0.3, 0.4) is 0 Å². The molecule has 8 heteroatoms. The van der Waals surface area contributed by atoms with Crippen LogP contribution in [0.2, 0.25) is 0 Å². The zero-order valence-corrected chi connectivity index (χ0v) is 17.3. The van der Waals surface area contributed by atoms with Gasteiger partial charge in [0, 0.05) is 30.9 Å². The van der Waals surface area contributed by atoms with Gasteiger partial charge in [0.05, 0.1) is 11.5 Å². The van der Waals surface area contributed by atoms with E-state index in [4.69, 9.17) is 0 Å². The van der Waals surface area contributed by atoms with Gasteiger partial charge in [0.25, 0.3) is 5.01 Å². The minimum atomic E-state index is -2.89. The number of para-hydroxylation sites is 1. The number of rotatable bonds is 5. The molecule has 1 aliphatic rings. The van der Waals surface area contributed by atoms with E-state index in [1.807, 2.05) is 60.7 Å². The second kappa shape index (κ2) is 7.96. The Bertz CT molecular complexity index is 1170. The van der Waals surface area contributed by atoms with Gasteiger partial charge in [0.2, 0.25) is 12.1 Å². The van der Waals surface area contributed by atoms with Crippen molar-refractivity contribution in [2.24, 2.45) is 0 Å². The Labute approximate surface area is 173 Å². The van der Waals surface area contributed by atoms with Crippen LogP contribution in [0.4, 0.5) is 5.69 Å². The molecule has 0 aliphatic carbocycles. The van der Waals surface area contributed by atoms with Crippen molar-refractivity contribution in [3.8, 4) is 0 Å². The Kier molecular flexibility index (Phi) is 5.38. The molecule has 0 spiro atoms. The number of sulfone groups is 1. The molecule has 0 atom stereocenters. The first-order valence-electron chi connectivity index (χ1n) is 9.28. The van der Waals surface area contributed by atoms with Crippen molar-refractivity contribution < 1.29 is 22.9 Å². The van der Waals surface area contributed by atoms with Gasteiger partial charge in [-0.1, -0.05) is 35.6 Å². The van der Waals surface area contributed by atoms with E-state index in [-0.39, 0.29) is 18.1 Å². The second-order valence-corrected chi connectivity index (χ2v) is 10.3. The molecule has 0 bridgehead atoms. The average molecular weight is 430 g/mol. The molecular weight excluding hydrogens is 408 g/mol. The number of aromatic nitrogens is 1. The van der Waals surface area contributed by atoms with Crippen molar-refractivity contribution in [2.75, 3.05) is 29.5 Å². The molecule has 0 unspecified atom stereocenters. The second-order valence-electron chi connectivity index (χ2n) is 6.95. The molecule has 2 aromatic carbocycles. The summed E-state index contributed by atoms with van der Waals surface area (Å²) in [4.78, 5) is 13.4. The first-order chi connectivity index (χ1) is 13.9. The molecule has 6 nitrogen and oxygen atoms in total. The molecule has 1 N–H and O–H groups in total. The Hall–Kier alpha value is -2.71. The Morgan fingerprint density at radius 3 is 2.45 bits per heavy atom. The normalized spacial score (nSPS) is 16.5. The lowest BCUT2D eigenvalue weighted by atomic mass is 10.2. The van der Waals surface area contributed by atoms with Crippen molar-refractivity contribution in [2.45, 2.75) is 6.54 Å². The summed E-state index contributed by atoms with van der Waals surface area (Å²) in [7, 11) is -2.89. The van der Waals surface area contributed by atoms with Gasteiger partial charge in [0.1, 0.15) is 4.70 Å². The topological polar surface area (TPSA) is 78.6 Å². The highest BCUT2D eigenvalue weighted by atomic mass is 32.2. The number of carboxylic acids is 1. The van der Waals surface area contributed by atoms with Crippen LogP contribution in [0.15, 0.2) is 48.5 Å². The number of nitrogens with zero attached hydrogens (tertiary/aromatic N) is 2. The Morgan fingerprint density at radius 2 is 1.76 bits per heavy atom. The summed E-state index contributed by atoms with van der Waals surface area (Å²) < 4.78 is 26.0. The molecule has 0 saturated carbocycles. The Balaban J connectivity index is 1.54. The van der Waals surface area contributed by atoms with Crippen LogP contribution in [-0.2, 0) is 21.2 Å². The lowest BCUT2D eigenvalue weighted by Crippen LogP contribution is -2.40. The highest BCUT2D eigenvalue weighted by Crippen LogP contribution is 2.23. The van der Waals surface area contributed by atoms with Crippen LogP contribution in [0.5, 0.6) is 0 Å². The van der Waals surface area contributed by atoms with Crippen molar-refractivity contribution in [1.29, 1.82) is 0 Å². The SMILES string of the molecule is O=C(O)C[n+]1c(/C=C/c2ccc(N3CCS(=O)(=O)CC3)cc2)sc2ccccc21. The molecule has 1 aromatic heterocycles. The number of hydrogen-bond acceptors (Lipinski definition) is 5. The van der Waals surface area contributed by atoms with E-state index in [0.717, 1.165) is 26.5 Å².